The zero-order valence-electron chi connectivity index (χ0n) is 18.1. The Morgan fingerprint density at radius 2 is 1.67 bits per heavy atom. The highest BCUT2D eigenvalue weighted by molar-refractivity contribution is 6.30. The highest BCUT2D eigenvalue weighted by Gasteiger charge is 2.67. The van der Waals surface area contributed by atoms with E-state index >= 15 is 0 Å². The molecule has 2 aromatic rings. The lowest BCUT2D eigenvalue weighted by molar-refractivity contribution is -0.140. The van der Waals surface area contributed by atoms with E-state index in [4.69, 9.17) is 21.1 Å². The normalized spacial score (nSPS) is 31.2. The minimum atomic E-state index is -0.244. The summed E-state index contributed by atoms with van der Waals surface area (Å²) in [6, 6.07) is 12.8. The van der Waals surface area contributed by atoms with Crippen LogP contribution in [-0.2, 0) is 16.2 Å². The molecule has 2 amide bonds. The van der Waals surface area contributed by atoms with Gasteiger partial charge >= 0.3 is 0 Å². The van der Waals surface area contributed by atoms with Crippen molar-refractivity contribution in [3.63, 3.8) is 0 Å². The molecule has 2 bridgehead atoms. The number of nitrogens with zero attached hydrogens (tertiary/aromatic N) is 2. The molecule has 3 fully saturated rings. The molecule has 2 saturated carbocycles. The number of amides is 2. The van der Waals surface area contributed by atoms with Gasteiger partial charge in [0.25, 0.3) is 11.8 Å². The fourth-order valence-electron chi connectivity index (χ4n) is 5.80. The van der Waals surface area contributed by atoms with Gasteiger partial charge in [-0.15, -0.1) is 0 Å². The summed E-state index contributed by atoms with van der Waals surface area (Å²) >= 11 is 5.93. The second-order valence-corrected chi connectivity index (χ2v) is 9.65. The number of hydrogen-bond donors (Lipinski definition) is 0. The van der Waals surface area contributed by atoms with Gasteiger partial charge in [-0.1, -0.05) is 35.9 Å². The number of allylic oxidation sites excluding steroid dienone is 2. The third kappa shape index (κ3) is 3.35. The number of hydrazone groups is 1. The fourth-order valence-corrected chi connectivity index (χ4v) is 5.93. The van der Waals surface area contributed by atoms with Gasteiger partial charge in [-0.05, 0) is 71.6 Å². The molecule has 0 N–H and O–H groups in total. The lowest BCUT2D eigenvalue weighted by Crippen LogP contribution is -2.40. The van der Waals surface area contributed by atoms with Gasteiger partial charge in [0.2, 0.25) is 0 Å². The van der Waals surface area contributed by atoms with Gasteiger partial charge in [0, 0.05) is 5.02 Å². The molecule has 5 aliphatic rings. The van der Waals surface area contributed by atoms with Crippen LogP contribution in [0.5, 0.6) is 11.5 Å². The zero-order chi connectivity index (χ0) is 22.7. The van der Waals surface area contributed by atoms with Crippen molar-refractivity contribution < 1.29 is 19.1 Å². The Labute approximate surface area is 196 Å². The predicted octanol–water partition coefficient (Wildman–Crippen LogP) is 4.31. The third-order valence-electron chi connectivity index (χ3n) is 7.46. The van der Waals surface area contributed by atoms with Crippen LogP contribution in [0.25, 0.3) is 0 Å². The van der Waals surface area contributed by atoms with Crippen LogP contribution in [0.1, 0.15) is 17.5 Å². The monoisotopic (exact) mass is 462 g/mol. The topological polar surface area (TPSA) is 68.2 Å². The minimum absolute atomic E-state index is 0.166. The number of rotatable bonds is 6. The number of benzene rings is 2. The van der Waals surface area contributed by atoms with Gasteiger partial charge in [0.05, 0.1) is 25.2 Å². The SMILES string of the molecule is COc1cc(C=NN2C(=O)[C@@H]3[C@H]4C=C[C@@H]([C@@H]5C[C@H]45)[C@H]3C2=O)ccc1OCc1ccc(Cl)cc1. The minimum Gasteiger partial charge on any atom is -0.493 e. The van der Waals surface area contributed by atoms with E-state index in [1.54, 1.807) is 19.2 Å². The molecule has 1 aliphatic heterocycles. The first-order valence-corrected chi connectivity index (χ1v) is 11.6. The molecule has 168 valence electrons. The van der Waals surface area contributed by atoms with E-state index in [1.165, 1.54) is 6.21 Å². The number of halogens is 1. The van der Waals surface area contributed by atoms with Gasteiger partial charge in [-0.3, -0.25) is 9.59 Å². The van der Waals surface area contributed by atoms with Crippen molar-refractivity contribution in [2.24, 2.45) is 40.6 Å². The molecule has 0 unspecified atom stereocenters. The van der Waals surface area contributed by atoms with E-state index in [-0.39, 0.29) is 35.5 Å². The maximum Gasteiger partial charge on any atom is 0.254 e. The van der Waals surface area contributed by atoms with E-state index in [2.05, 4.69) is 17.3 Å². The molecule has 6 nitrogen and oxygen atoms in total. The van der Waals surface area contributed by atoms with Crippen LogP contribution in [0.4, 0.5) is 0 Å². The lowest BCUT2D eigenvalue weighted by Gasteiger charge is -2.37. The van der Waals surface area contributed by atoms with Gasteiger partial charge < -0.3 is 9.47 Å². The Morgan fingerprint density at radius 1 is 1.00 bits per heavy atom. The molecule has 0 aromatic heterocycles. The van der Waals surface area contributed by atoms with Gasteiger partial charge in [-0.25, -0.2) is 0 Å². The standard InChI is InChI=1S/C26H23ClN2O4/c1-32-22-10-15(4-9-21(22)33-13-14-2-5-16(27)6-3-14)12-28-29-25(30)23-17-7-8-18(20-11-19(17)20)24(23)26(29)31/h2-10,12,17-20,23-24H,11,13H2,1H3/t17-,18-,19-,20+,23+,24+/m0/s1. The number of hydrogen-bond acceptors (Lipinski definition) is 5. The average Bonchev–Trinajstić information content (AvgIpc) is 3.62. The second kappa shape index (κ2) is 7.73. The van der Waals surface area contributed by atoms with Crippen LogP contribution in [0.15, 0.2) is 59.7 Å². The van der Waals surface area contributed by atoms with Crippen LogP contribution >= 0.6 is 11.6 Å². The molecular weight excluding hydrogens is 440 g/mol. The quantitative estimate of drug-likeness (QED) is 0.364. The van der Waals surface area contributed by atoms with Crippen LogP contribution in [0.2, 0.25) is 5.02 Å². The van der Waals surface area contributed by atoms with Gasteiger partial charge in [-0.2, -0.15) is 10.1 Å². The molecule has 0 spiro atoms. The molecule has 33 heavy (non-hydrogen) atoms. The Bertz CT molecular complexity index is 1160. The number of carbonyl (C=O) groups is 2. The van der Waals surface area contributed by atoms with Crippen LogP contribution in [0, 0.1) is 35.5 Å². The largest absolute Gasteiger partial charge is 0.493 e. The summed E-state index contributed by atoms with van der Waals surface area (Å²) in [4.78, 5) is 26.1. The first-order chi connectivity index (χ1) is 16.0. The summed E-state index contributed by atoms with van der Waals surface area (Å²) in [5.74, 6) is 1.85. The molecule has 6 atom stereocenters. The van der Waals surface area contributed by atoms with Crippen molar-refractivity contribution in [3.8, 4) is 11.5 Å². The first-order valence-electron chi connectivity index (χ1n) is 11.2. The van der Waals surface area contributed by atoms with Crippen molar-refractivity contribution >= 4 is 29.6 Å². The smallest absolute Gasteiger partial charge is 0.254 e. The summed E-state index contributed by atoms with van der Waals surface area (Å²) in [6.07, 6.45) is 7.00. The molecule has 7 rings (SSSR count). The highest BCUT2D eigenvalue weighted by Crippen LogP contribution is 2.65. The summed E-state index contributed by atoms with van der Waals surface area (Å²) in [7, 11) is 1.57. The number of imide groups is 1. The second-order valence-electron chi connectivity index (χ2n) is 9.21. The Morgan fingerprint density at radius 3 is 2.30 bits per heavy atom. The number of carbonyl (C=O) groups excluding carboxylic acids is 2. The summed E-state index contributed by atoms with van der Waals surface area (Å²) in [6.45, 7) is 0.374. The molecule has 1 saturated heterocycles. The van der Waals surface area contributed by atoms with E-state index in [1.807, 2.05) is 30.3 Å². The highest BCUT2D eigenvalue weighted by atomic mass is 35.5. The van der Waals surface area contributed by atoms with Crippen molar-refractivity contribution in [1.29, 1.82) is 0 Å². The van der Waals surface area contributed by atoms with Crippen LogP contribution in [0.3, 0.4) is 0 Å². The van der Waals surface area contributed by atoms with Crippen LogP contribution in [-0.4, -0.2) is 30.1 Å². The Kier molecular flexibility index (Phi) is 4.80. The summed E-state index contributed by atoms with van der Waals surface area (Å²) in [5.41, 5.74) is 1.70. The molecule has 1 heterocycles. The van der Waals surface area contributed by atoms with E-state index in [0.29, 0.717) is 40.5 Å². The summed E-state index contributed by atoms with van der Waals surface area (Å²) < 4.78 is 11.4. The predicted molar refractivity (Wildman–Crippen MR) is 123 cm³/mol. The van der Waals surface area contributed by atoms with Crippen molar-refractivity contribution in [1.82, 2.24) is 5.01 Å². The summed E-state index contributed by atoms with van der Waals surface area (Å²) in [5, 5.41) is 6.06. The molecule has 0 radical (unpaired) electrons. The van der Waals surface area contributed by atoms with Gasteiger partial charge in [0.15, 0.2) is 11.5 Å². The van der Waals surface area contributed by atoms with E-state index in [0.717, 1.165) is 17.0 Å². The molecule has 7 heteroatoms. The maximum absolute atomic E-state index is 13.0. The zero-order valence-corrected chi connectivity index (χ0v) is 18.8. The Balaban J connectivity index is 1.17. The average molecular weight is 463 g/mol. The molecule has 4 aliphatic carbocycles. The maximum atomic E-state index is 13.0. The van der Waals surface area contributed by atoms with E-state index in [9.17, 15) is 9.59 Å². The lowest BCUT2D eigenvalue weighted by atomic mass is 9.63. The fraction of sp³-hybridized carbons (Fsp3) is 0.346. The van der Waals surface area contributed by atoms with Crippen molar-refractivity contribution in [2.75, 3.05) is 7.11 Å². The first kappa shape index (κ1) is 20.5. The van der Waals surface area contributed by atoms with Crippen molar-refractivity contribution in [2.45, 2.75) is 13.0 Å². The molecular formula is C26H23ClN2O4. The van der Waals surface area contributed by atoms with Crippen LogP contribution < -0.4 is 9.47 Å². The molecule has 2 aromatic carbocycles. The number of methoxy groups -OCH3 is 1. The number of ether oxygens (including phenoxy) is 2. The Hall–Kier alpha value is -3.12. The van der Waals surface area contributed by atoms with Crippen molar-refractivity contribution in [3.05, 3.63) is 70.8 Å². The van der Waals surface area contributed by atoms with Gasteiger partial charge in [0.1, 0.15) is 6.61 Å². The van der Waals surface area contributed by atoms with E-state index < -0.39 is 0 Å². The third-order valence-corrected chi connectivity index (χ3v) is 7.71.